The number of thiophene rings is 1. The molecule has 0 saturated carbocycles. The van der Waals surface area contributed by atoms with E-state index in [0.717, 1.165) is 40.8 Å². The number of carboxylic acid groups (broad SMARTS) is 1. The van der Waals surface area contributed by atoms with E-state index >= 15 is 0 Å². The average Bonchev–Trinajstić information content (AvgIpc) is 2.93. The van der Waals surface area contributed by atoms with Crippen molar-refractivity contribution in [2.24, 2.45) is 5.41 Å². The van der Waals surface area contributed by atoms with Gasteiger partial charge in [-0.1, -0.05) is 32.0 Å². The third-order valence-electron chi connectivity index (χ3n) is 4.59. The fraction of sp³-hybridized carbons (Fsp3) is 0.368. The van der Waals surface area contributed by atoms with Gasteiger partial charge >= 0.3 is 12.4 Å². The molecular weight excluding hydrogens is 338 g/mol. The fourth-order valence-corrected chi connectivity index (χ4v) is 4.64. The summed E-state index contributed by atoms with van der Waals surface area (Å²) in [4.78, 5) is 28.7. The van der Waals surface area contributed by atoms with Gasteiger partial charge in [-0.3, -0.25) is 4.79 Å². The molecule has 0 bridgehead atoms. The number of carboxylic acids is 1. The predicted molar refractivity (Wildman–Crippen MR) is 96.5 cm³/mol. The normalized spacial score (nSPS) is 15.4. The molecule has 5 nitrogen and oxygen atoms in total. The zero-order valence-electron chi connectivity index (χ0n) is 14.3. The van der Waals surface area contributed by atoms with Gasteiger partial charge in [-0.15, -0.1) is 16.8 Å². The average molecular weight is 359 g/mol. The summed E-state index contributed by atoms with van der Waals surface area (Å²) in [7, 11) is 0. The Bertz CT molecular complexity index is 810. The summed E-state index contributed by atoms with van der Waals surface area (Å²) in [6, 6.07) is 7.66. The molecule has 0 atom stereocenters. The van der Waals surface area contributed by atoms with E-state index in [1.165, 1.54) is 4.88 Å². The van der Waals surface area contributed by atoms with Gasteiger partial charge in [0.15, 0.2) is 0 Å². The lowest BCUT2D eigenvalue weighted by atomic mass is 9.76. The van der Waals surface area contributed by atoms with Crippen molar-refractivity contribution in [1.82, 2.24) is 5.48 Å². The van der Waals surface area contributed by atoms with Crippen LogP contribution in [0.25, 0.3) is 10.4 Å². The Morgan fingerprint density at radius 1 is 1.44 bits per heavy atom. The molecule has 1 aromatic carbocycles. The molecule has 0 unspecified atom stereocenters. The molecule has 0 spiro atoms. The van der Waals surface area contributed by atoms with Crippen LogP contribution in [0.3, 0.4) is 0 Å². The van der Waals surface area contributed by atoms with Crippen LogP contribution in [0.15, 0.2) is 24.3 Å². The van der Waals surface area contributed by atoms with Gasteiger partial charge in [0.1, 0.15) is 0 Å². The van der Waals surface area contributed by atoms with E-state index in [4.69, 9.17) is 0 Å². The van der Waals surface area contributed by atoms with Gasteiger partial charge in [-0.05, 0) is 47.4 Å². The van der Waals surface area contributed by atoms with Gasteiger partial charge in [0.05, 0.1) is 12.1 Å². The smallest absolute Gasteiger partial charge is 0.337 e. The molecule has 1 aliphatic rings. The zero-order valence-corrected chi connectivity index (χ0v) is 15.1. The first-order chi connectivity index (χ1) is 11.9. The first kappa shape index (κ1) is 17.6. The Balaban J connectivity index is 2.00. The van der Waals surface area contributed by atoms with Gasteiger partial charge < -0.3 is 9.94 Å². The van der Waals surface area contributed by atoms with Crippen molar-refractivity contribution in [2.75, 3.05) is 0 Å². The maximum Gasteiger partial charge on any atom is 0.337 e. The summed E-state index contributed by atoms with van der Waals surface area (Å²) in [5.41, 5.74) is 5.93. The van der Waals surface area contributed by atoms with E-state index in [1.807, 2.05) is 24.3 Å². The lowest BCUT2D eigenvalue weighted by molar-refractivity contribution is -0.135. The quantitative estimate of drug-likeness (QED) is 0.466. The molecule has 25 heavy (non-hydrogen) atoms. The Hall–Kier alpha value is -2.18. The summed E-state index contributed by atoms with van der Waals surface area (Å²) < 4.78 is 0. The third-order valence-corrected chi connectivity index (χ3v) is 5.93. The molecular formula is C19H21NO4S. The van der Waals surface area contributed by atoms with E-state index in [9.17, 15) is 14.7 Å². The van der Waals surface area contributed by atoms with Crippen LogP contribution < -0.4 is 5.48 Å². The maximum atomic E-state index is 12.0. The zero-order chi connectivity index (χ0) is 18.0. The molecule has 6 heteroatoms. The van der Waals surface area contributed by atoms with Gasteiger partial charge in [-0.2, -0.15) is 0 Å². The lowest BCUT2D eigenvalue weighted by Gasteiger charge is -2.29. The Morgan fingerprint density at radius 3 is 2.96 bits per heavy atom. The molecule has 0 amide bonds. The van der Waals surface area contributed by atoms with E-state index in [1.54, 1.807) is 11.3 Å². The van der Waals surface area contributed by atoms with Gasteiger partial charge in [0, 0.05) is 9.75 Å². The number of nitrogens with one attached hydrogen (secondary N) is 1. The molecule has 1 heterocycles. The minimum atomic E-state index is -0.863. The predicted octanol–water partition coefficient (Wildman–Crippen LogP) is 3.81. The third kappa shape index (κ3) is 3.75. The van der Waals surface area contributed by atoms with E-state index in [-0.39, 0.29) is 5.41 Å². The highest BCUT2D eigenvalue weighted by molar-refractivity contribution is 7.16. The van der Waals surface area contributed by atoms with Crippen LogP contribution in [-0.4, -0.2) is 17.5 Å². The van der Waals surface area contributed by atoms with E-state index in [2.05, 4.69) is 24.2 Å². The minimum Gasteiger partial charge on any atom is -0.478 e. The number of hydrogen-bond donors (Lipinski definition) is 2. The van der Waals surface area contributed by atoms with Crippen molar-refractivity contribution in [3.63, 3.8) is 0 Å². The SMILES string of the molecule is CC1(C)CCc2sc(-c3cccc(CNOC=O)c3)c(C(=O)O)c2C1. The molecule has 132 valence electrons. The molecule has 2 N–H and O–H groups in total. The topological polar surface area (TPSA) is 75.6 Å². The summed E-state index contributed by atoms with van der Waals surface area (Å²) >= 11 is 1.59. The number of rotatable bonds is 6. The first-order valence-corrected chi connectivity index (χ1v) is 9.02. The van der Waals surface area contributed by atoms with Crippen LogP contribution in [0.2, 0.25) is 0 Å². The van der Waals surface area contributed by atoms with Crippen LogP contribution in [0, 0.1) is 5.41 Å². The second kappa shape index (κ2) is 6.98. The molecule has 2 aromatic rings. The molecule has 1 aromatic heterocycles. The van der Waals surface area contributed by atoms with E-state index < -0.39 is 5.97 Å². The first-order valence-electron chi connectivity index (χ1n) is 8.20. The lowest BCUT2D eigenvalue weighted by Crippen LogP contribution is -2.22. The Morgan fingerprint density at radius 2 is 2.24 bits per heavy atom. The monoisotopic (exact) mass is 359 g/mol. The summed E-state index contributed by atoms with van der Waals surface area (Å²) in [5.74, 6) is -0.863. The van der Waals surface area contributed by atoms with Crippen LogP contribution in [0.5, 0.6) is 0 Å². The summed E-state index contributed by atoms with van der Waals surface area (Å²) in [6.45, 7) is 5.09. The largest absolute Gasteiger partial charge is 0.478 e. The van der Waals surface area contributed by atoms with Crippen LogP contribution >= 0.6 is 11.3 Å². The highest BCUT2D eigenvalue weighted by Gasteiger charge is 2.32. The van der Waals surface area contributed by atoms with Gasteiger partial charge in [0.2, 0.25) is 0 Å². The van der Waals surface area contributed by atoms with Gasteiger partial charge in [0.25, 0.3) is 0 Å². The van der Waals surface area contributed by atoms with E-state index in [0.29, 0.717) is 18.6 Å². The Kier molecular flexibility index (Phi) is 4.92. The Labute approximate surface area is 150 Å². The molecule has 3 rings (SSSR count). The van der Waals surface area contributed by atoms with Crippen molar-refractivity contribution in [3.8, 4) is 10.4 Å². The summed E-state index contributed by atoms with van der Waals surface area (Å²) in [6.07, 6.45) is 2.81. The summed E-state index contributed by atoms with van der Waals surface area (Å²) in [5, 5.41) is 9.82. The maximum absolute atomic E-state index is 12.0. The van der Waals surface area contributed by atoms with Crippen molar-refractivity contribution < 1.29 is 19.5 Å². The van der Waals surface area contributed by atoms with Crippen molar-refractivity contribution in [1.29, 1.82) is 0 Å². The molecule has 0 aliphatic heterocycles. The van der Waals surface area contributed by atoms with Gasteiger partial charge in [-0.25, -0.2) is 4.79 Å². The number of aromatic carboxylic acids is 1. The number of carbonyl (C=O) groups is 2. The number of benzene rings is 1. The number of hydroxylamine groups is 1. The second-order valence-electron chi connectivity index (χ2n) is 7.09. The number of fused-ring (bicyclic) bond motifs is 1. The van der Waals surface area contributed by atoms with Crippen LogP contribution in [0.1, 0.15) is 46.6 Å². The molecule has 0 radical (unpaired) electrons. The molecule has 0 saturated heterocycles. The highest BCUT2D eigenvalue weighted by atomic mass is 32.1. The van der Waals surface area contributed by atoms with Crippen molar-refractivity contribution in [2.45, 2.75) is 39.7 Å². The van der Waals surface area contributed by atoms with Crippen LogP contribution in [-0.2, 0) is 29.0 Å². The second-order valence-corrected chi connectivity index (χ2v) is 8.19. The fourth-order valence-electron chi connectivity index (χ4n) is 3.33. The van der Waals surface area contributed by atoms with Crippen molar-refractivity contribution >= 4 is 23.8 Å². The van der Waals surface area contributed by atoms with Crippen molar-refractivity contribution in [3.05, 3.63) is 45.8 Å². The number of aryl methyl sites for hydroxylation is 1. The molecule has 0 fully saturated rings. The van der Waals surface area contributed by atoms with Crippen LogP contribution in [0.4, 0.5) is 0 Å². The minimum absolute atomic E-state index is 0.132. The standard InChI is InChI=1S/C19H21NO4S/c1-19(2)7-6-15-14(9-19)16(18(22)23)17(25-15)13-5-3-4-12(8-13)10-20-24-11-21/h3-5,8,11,20H,6-7,9-10H2,1-2H3,(H,22,23). The number of carbonyl (C=O) groups excluding carboxylic acids is 1. The number of hydrogen-bond acceptors (Lipinski definition) is 5. The highest BCUT2D eigenvalue weighted by Crippen LogP contribution is 2.45. The molecule has 1 aliphatic carbocycles.